The topological polar surface area (TPSA) is 53.5 Å². The van der Waals surface area contributed by atoms with E-state index in [1.807, 2.05) is 43.1 Å². The molecule has 2 heterocycles. The second-order valence-electron chi connectivity index (χ2n) is 5.97. The maximum atomic E-state index is 5.38. The molecule has 6 heteroatoms. The molecule has 0 saturated carbocycles. The lowest BCUT2D eigenvalue weighted by Gasteiger charge is -2.26. The molecule has 3 rings (SSSR count). The van der Waals surface area contributed by atoms with Crippen molar-refractivity contribution in [3.8, 4) is 0 Å². The molecule has 1 fully saturated rings. The fourth-order valence-electron chi connectivity index (χ4n) is 2.73. The maximum Gasteiger partial charge on any atom is 0.231 e. The van der Waals surface area contributed by atoms with E-state index in [2.05, 4.69) is 32.3 Å². The molecule has 0 bridgehead atoms. The lowest BCUT2D eigenvalue weighted by molar-refractivity contribution is 0.0398. The first-order valence-corrected chi connectivity index (χ1v) is 8.41. The summed E-state index contributed by atoms with van der Waals surface area (Å²) in [6.45, 7) is 7.54. The van der Waals surface area contributed by atoms with E-state index in [1.165, 1.54) is 0 Å². The van der Waals surface area contributed by atoms with E-state index in [0.29, 0.717) is 5.95 Å². The first-order chi connectivity index (χ1) is 11.7. The molecule has 0 radical (unpaired) electrons. The van der Waals surface area contributed by atoms with Gasteiger partial charge in [-0.2, -0.15) is 4.98 Å². The quantitative estimate of drug-likeness (QED) is 0.879. The molecule has 1 aliphatic rings. The van der Waals surface area contributed by atoms with E-state index in [9.17, 15) is 0 Å². The summed E-state index contributed by atoms with van der Waals surface area (Å²) in [5.41, 5.74) is 2.03. The van der Waals surface area contributed by atoms with Gasteiger partial charge in [0.2, 0.25) is 5.95 Å². The van der Waals surface area contributed by atoms with Gasteiger partial charge < -0.3 is 15.0 Å². The van der Waals surface area contributed by atoms with Crippen LogP contribution in [0.4, 0.5) is 17.5 Å². The van der Waals surface area contributed by atoms with Crippen LogP contribution in [0.15, 0.2) is 36.4 Å². The summed E-state index contributed by atoms with van der Waals surface area (Å²) in [6, 6.07) is 12.1. The Kier molecular flexibility index (Phi) is 5.61. The van der Waals surface area contributed by atoms with E-state index < -0.39 is 0 Å². The van der Waals surface area contributed by atoms with Crippen LogP contribution in [-0.2, 0) is 4.74 Å². The Balaban J connectivity index is 1.63. The number of hydrogen-bond donors (Lipinski definition) is 1. The molecule has 0 aliphatic carbocycles. The van der Waals surface area contributed by atoms with Gasteiger partial charge in [0.1, 0.15) is 5.82 Å². The zero-order valence-electron chi connectivity index (χ0n) is 14.4. The molecular weight excluding hydrogens is 302 g/mol. The van der Waals surface area contributed by atoms with Crippen LogP contribution in [0, 0.1) is 6.92 Å². The molecule has 1 aliphatic heterocycles. The number of anilines is 3. The Morgan fingerprint density at radius 1 is 1.17 bits per heavy atom. The molecule has 0 unspecified atom stereocenters. The van der Waals surface area contributed by atoms with Gasteiger partial charge in [0.05, 0.1) is 13.2 Å². The zero-order chi connectivity index (χ0) is 16.8. The number of para-hydroxylation sites is 1. The number of aryl methyl sites for hydroxylation is 1. The number of ether oxygens (including phenoxy) is 1. The fraction of sp³-hybridized carbons (Fsp3) is 0.444. The maximum absolute atomic E-state index is 5.38. The Morgan fingerprint density at radius 3 is 2.67 bits per heavy atom. The van der Waals surface area contributed by atoms with E-state index in [1.54, 1.807) is 0 Å². The fourth-order valence-corrected chi connectivity index (χ4v) is 2.73. The van der Waals surface area contributed by atoms with Gasteiger partial charge in [-0.25, -0.2) is 4.98 Å². The van der Waals surface area contributed by atoms with Crippen LogP contribution in [0.1, 0.15) is 5.69 Å². The predicted molar refractivity (Wildman–Crippen MR) is 97.0 cm³/mol. The molecule has 1 saturated heterocycles. The van der Waals surface area contributed by atoms with Crippen LogP contribution in [0.3, 0.4) is 0 Å². The minimum absolute atomic E-state index is 0.704. The van der Waals surface area contributed by atoms with Crippen LogP contribution >= 0.6 is 0 Å². The molecular formula is C18H25N5O. The van der Waals surface area contributed by atoms with E-state index in [-0.39, 0.29) is 0 Å². The first-order valence-electron chi connectivity index (χ1n) is 8.41. The molecule has 0 spiro atoms. The molecule has 2 aromatic rings. The number of nitrogens with one attached hydrogen (secondary N) is 1. The number of aromatic nitrogens is 2. The van der Waals surface area contributed by atoms with Crippen molar-refractivity contribution in [3.05, 3.63) is 42.1 Å². The molecule has 24 heavy (non-hydrogen) atoms. The average molecular weight is 327 g/mol. The van der Waals surface area contributed by atoms with Crippen molar-refractivity contribution in [2.45, 2.75) is 6.92 Å². The van der Waals surface area contributed by atoms with E-state index >= 15 is 0 Å². The van der Waals surface area contributed by atoms with Crippen LogP contribution < -0.4 is 10.2 Å². The zero-order valence-corrected chi connectivity index (χ0v) is 14.4. The first kappa shape index (κ1) is 16.7. The Morgan fingerprint density at radius 2 is 1.92 bits per heavy atom. The van der Waals surface area contributed by atoms with Crippen molar-refractivity contribution >= 4 is 17.5 Å². The molecule has 0 atom stereocenters. The van der Waals surface area contributed by atoms with Crippen LogP contribution in [0.2, 0.25) is 0 Å². The highest BCUT2D eigenvalue weighted by Gasteiger charge is 2.11. The minimum atomic E-state index is 0.704. The van der Waals surface area contributed by atoms with Crippen LogP contribution in [0.25, 0.3) is 0 Å². The van der Waals surface area contributed by atoms with Gasteiger partial charge in [0.15, 0.2) is 0 Å². The summed E-state index contributed by atoms with van der Waals surface area (Å²) in [5.74, 6) is 1.57. The summed E-state index contributed by atoms with van der Waals surface area (Å²) >= 11 is 0. The van der Waals surface area contributed by atoms with Gasteiger partial charge in [0, 0.05) is 50.7 Å². The third-order valence-corrected chi connectivity index (χ3v) is 4.12. The smallest absolute Gasteiger partial charge is 0.231 e. The number of rotatable bonds is 6. The number of hydrogen-bond acceptors (Lipinski definition) is 6. The molecule has 0 amide bonds. The van der Waals surface area contributed by atoms with Crippen molar-refractivity contribution in [2.24, 2.45) is 0 Å². The van der Waals surface area contributed by atoms with Gasteiger partial charge in [-0.05, 0) is 19.1 Å². The van der Waals surface area contributed by atoms with Gasteiger partial charge >= 0.3 is 0 Å². The van der Waals surface area contributed by atoms with Gasteiger partial charge in [-0.15, -0.1) is 0 Å². The number of morpholine rings is 1. The molecule has 128 valence electrons. The van der Waals surface area contributed by atoms with Crippen molar-refractivity contribution in [1.82, 2.24) is 14.9 Å². The lowest BCUT2D eigenvalue weighted by Crippen LogP contribution is -2.39. The highest BCUT2D eigenvalue weighted by atomic mass is 16.5. The van der Waals surface area contributed by atoms with E-state index in [0.717, 1.165) is 56.6 Å². The highest BCUT2D eigenvalue weighted by Crippen LogP contribution is 2.21. The summed E-state index contributed by atoms with van der Waals surface area (Å²) < 4.78 is 5.38. The number of benzene rings is 1. The summed E-state index contributed by atoms with van der Waals surface area (Å²) in [5, 5.41) is 3.42. The van der Waals surface area contributed by atoms with Crippen LogP contribution in [0.5, 0.6) is 0 Å². The minimum Gasteiger partial charge on any atom is -0.379 e. The third-order valence-electron chi connectivity index (χ3n) is 4.12. The van der Waals surface area contributed by atoms with E-state index in [4.69, 9.17) is 4.74 Å². The molecule has 1 aromatic heterocycles. The molecule has 1 N–H and O–H groups in total. The van der Waals surface area contributed by atoms with Crippen molar-refractivity contribution in [3.63, 3.8) is 0 Å². The highest BCUT2D eigenvalue weighted by molar-refractivity contribution is 5.57. The van der Waals surface area contributed by atoms with Gasteiger partial charge in [-0.1, -0.05) is 18.2 Å². The Hall–Kier alpha value is -2.18. The average Bonchev–Trinajstić information content (AvgIpc) is 2.62. The second-order valence-corrected chi connectivity index (χ2v) is 5.97. The normalized spacial score (nSPS) is 15.2. The lowest BCUT2D eigenvalue weighted by atomic mass is 10.3. The monoisotopic (exact) mass is 327 g/mol. The van der Waals surface area contributed by atoms with Crippen molar-refractivity contribution < 1.29 is 4.74 Å². The SMILES string of the molecule is Cc1cc(NCCN2CCOCC2)nc(N(C)c2ccccc2)n1. The van der Waals surface area contributed by atoms with Crippen molar-refractivity contribution in [2.75, 3.05) is 56.7 Å². The second kappa shape index (κ2) is 8.08. The number of nitrogens with zero attached hydrogens (tertiary/aromatic N) is 4. The van der Waals surface area contributed by atoms with Gasteiger partial charge in [0.25, 0.3) is 0 Å². The van der Waals surface area contributed by atoms with Crippen LogP contribution in [-0.4, -0.2) is 61.3 Å². The van der Waals surface area contributed by atoms with Gasteiger partial charge in [-0.3, -0.25) is 4.90 Å². The predicted octanol–water partition coefficient (Wildman–Crippen LogP) is 2.30. The molecule has 6 nitrogen and oxygen atoms in total. The molecule has 1 aromatic carbocycles. The summed E-state index contributed by atoms with van der Waals surface area (Å²) in [4.78, 5) is 13.6. The third kappa shape index (κ3) is 4.43. The van der Waals surface area contributed by atoms with Crippen molar-refractivity contribution in [1.29, 1.82) is 0 Å². The Labute approximate surface area is 143 Å². The Bertz CT molecular complexity index is 643. The largest absolute Gasteiger partial charge is 0.379 e. The summed E-state index contributed by atoms with van der Waals surface area (Å²) in [7, 11) is 1.99. The summed E-state index contributed by atoms with van der Waals surface area (Å²) in [6.07, 6.45) is 0. The standard InChI is InChI=1S/C18H25N5O/c1-15-14-17(19-8-9-23-10-12-24-13-11-23)21-18(20-15)22(2)16-6-4-3-5-7-16/h3-7,14H,8-13H2,1-2H3,(H,19,20,21).